The predicted molar refractivity (Wildman–Crippen MR) is 80.9 cm³/mol. The maximum Gasteiger partial charge on any atom is 0.228 e. The SMILES string of the molecule is CCO[C@@H]1C[C@@H]1C(=O)N1CCN(c2nccc(OC)n2)CC1. The highest BCUT2D eigenvalue weighted by Crippen LogP contribution is 2.35. The van der Waals surface area contributed by atoms with Crippen LogP contribution >= 0.6 is 0 Å². The third-order valence-corrected chi connectivity index (χ3v) is 4.13. The summed E-state index contributed by atoms with van der Waals surface area (Å²) in [5.41, 5.74) is 0. The highest BCUT2D eigenvalue weighted by molar-refractivity contribution is 5.82. The zero-order chi connectivity index (χ0) is 15.5. The van der Waals surface area contributed by atoms with Gasteiger partial charge in [0.2, 0.25) is 17.7 Å². The second-order valence-corrected chi connectivity index (χ2v) is 5.55. The molecule has 1 aromatic rings. The number of amides is 1. The van der Waals surface area contributed by atoms with Crippen molar-refractivity contribution in [2.75, 3.05) is 44.8 Å². The van der Waals surface area contributed by atoms with Crippen molar-refractivity contribution in [3.63, 3.8) is 0 Å². The van der Waals surface area contributed by atoms with Gasteiger partial charge < -0.3 is 19.3 Å². The molecule has 1 saturated heterocycles. The zero-order valence-corrected chi connectivity index (χ0v) is 13.1. The van der Waals surface area contributed by atoms with E-state index in [1.807, 2.05) is 11.8 Å². The first-order chi connectivity index (χ1) is 10.7. The second-order valence-electron chi connectivity index (χ2n) is 5.55. The van der Waals surface area contributed by atoms with Gasteiger partial charge in [0.25, 0.3) is 0 Å². The molecule has 1 aromatic heterocycles. The molecule has 0 aromatic carbocycles. The molecule has 0 N–H and O–H groups in total. The van der Waals surface area contributed by atoms with E-state index in [0.29, 0.717) is 31.5 Å². The Morgan fingerprint density at radius 3 is 2.82 bits per heavy atom. The molecule has 22 heavy (non-hydrogen) atoms. The lowest BCUT2D eigenvalue weighted by Gasteiger charge is -2.34. The van der Waals surface area contributed by atoms with Crippen molar-refractivity contribution < 1.29 is 14.3 Å². The largest absolute Gasteiger partial charge is 0.481 e. The molecule has 1 aliphatic heterocycles. The van der Waals surface area contributed by atoms with Crippen LogP contribution in [-0.4, -0.2) is 66.8 Å². The van der Waals surface area contributed by atoms with Crippen LogP contribution in [0.5, 0.6) is 5.88 Å². The van der Waals surface area contributed by atoms with Crippen molar-refractivity contribution in [3.8, 4) is 5.88 Å². The van der Waals surface area contributed by atoms with Gasteiger partial charge in [-0.1, -0.05) is 0 Å². The standard InChI is InChI=1S/C15H22N4O3/c1-3-22-12-10-11(12)14(20)18-6-8-19(9-7-18)15-16-5-4-13(17-15)21-2/h4-5,11-12H,3,6-10H2,1-2H3/t11-,12+/m0/s1. The van der Waals surface area contributed by atoms with Crippen molar-refractivity contribution >= 4 is 11.9 Å². The average Bonchev–Trinajstić information content (AvgIpc) is 3.34. The number of hydrogen-bond donors (Lipinski definition) is 0. The number of methoxy groups -OCH3 is 1. The second kappa shape index (κ2) is 6.48. The number of rotatable bonds is 5. The summed E-state index contributed by atoms with van der Waals surface area (Å²) in [6, 6.07) is 1.73. The molecule has 3 rings (SSSR count). The minimum absolute atomic E-state index is 0.0690. The number of hydrogen-bond acceptors (Lipinski definition) is 6. The number of aromatic nitrogens is 2. The summed E-state index contributed by atoms with van der Waals surface area (Å²) in [4.78, 5) is 25.0. The summed E-state index contributed by atoms with van der Waals surface area (Å²) in [5, 5.41) is 0. The first-order valence-electron chi connectivity index (χ1n) is 7.75. The number of ether oxygens (including phenoxy) is 2. The van der Waals surface area contributed by atoms with E-state index in [9.17, 15) is 4.79 Å². The van der Waals surface area contributed by atoms with Gasteiger partial charge in [0, 0.05) is 45.0 Å². The number of piperazine rings is 1. The van der Waals surface area contributed by atoms with Crippen LogP contribution in [0.25, 0.3) is 0 Å². The Morgan fingerprint density at radius 1 is 1.36 bits per heavy atom. The fourth-order valence-corrected chi connectivity index (χ4v) is 2.79. The fourth-order valence-electron chi connectivity index (χ4n) is 2.79. The monoisotopic (exact) mass is 306 g/mol. The summed E-state index contributed by atoms with van der Waals surface area (Å²) < 4.78 is 10.6. The van der Waals surface area contributed by atoms with Crippen LogP contribution in [0.2, 0.25) is 0 Å². The first-order valence-corrected chi connectivity index (χ1v) is 7.75. The predicted octanol–water partition coefficient (Wildman–Crippen LogP) is 0.559. The maximum atomic E-state index is 12.4. The van der Waals surface area contributed by atoms with Gasteiger partial charge in [-0.3, -0.25) is 4.79 Å². The van der Waals surface area contributed by atoms with E-state index < -0.39 is 0 Å². The molecule has 0 radical (unpaired) electrons. The van der Waals surface area contributed by atoms with Gasteiger partial charge >= 0.3 is 0 Å². The van der Waals surface area contributed by atoms with Crippen LogP contribution < -0.4 is 9.64 Å². The summed E-state index contributed by atoms with van der Waals surface area (Å²) in [6.07, 6.45) is 2.69. The van der Waals surface area contributed by atoms with Crippen molar-refractivity contribution in [1.82, 2.24) is 14.9 Å². The van der Waals surface area contributed by atoms with E-state index in [-0.39, 0.29) is 17.9 Å². The Hall–Kier alpha value is -1.89. The molecule has 2 atom stereocenters. The van der Waals surface area contributed by atoms with Gasteiger partial charge in [-0.2, -0.15) is 4.98 Å². The number of carbonyl (C=O) groups excluding carboxylic acids is 1. The van der Waals surface area contributed by atoms with E-state index in [1.165, 1.54) is 0 Å². The van der Waals surface area contributed by atoms with Crippen LogP contribution in [0, 0.1) is 5.92 Å². The zero-order valence-electron chi connectivity index (χ0n) is 13.1. The molecule has 0 bridgehead atoms. The molecule has 1 amide bonds. The Labute approximate surface area is 130 Å². The molecule has 1 saturated carbocycles. The van der Waals surface area contributed by atoms with Gasteiger partial charge in [0.1, 0.15) is 0 Å². The molecule has 0 unspecified atom stereocenters. The van der Waals surface area contributed by atoms with E-state index >= 15 is 0 Å². The van der Waals surface area contributed by atoms with E-state index in [1.54, 1.807) is 19.4 Å². The smallest absolute Gasteiger partial charge is 0.228 e. The van der Waals surface area contributed by atoms with Crippen LogP contribution in [0.4, 0.5) is 5.95 Å². The van der Waals surface area contributed by atoms with Crippen LogP contribution in [0.15, 0.2) is 12.3 Å². The maximum absolute atomic E-state index is 12.4. The highest BCUT2D eigenvalue weighted by atomic mass is 16.5. The van der Waals surface area contributed by atoms with Crippen molar-refractivity contribution in [1.29, 1.82) is 0 Å². The van der Waals surface area contributed by atoms with E-state index in [4.69, 9.17) is 9.47 Å². The third-order valence-electron chi connectivity index (χ3n) is 4.13. The lowest BCUT2D eigenvalue weighted by atomic mass is 10.2. The van der Waals surface area contributed by atoms with Gasteiger partial charge in [0.15, 0.2) is 0 Å². The van der Waals surface area contributed by atoms with Gasteiger partial charge in [-0.15, -0.1) is 0 Å². The van der Waals surface area contributed by atoms with Gasteiger partial charge in [0.05, 0.1) is 19.1 Å². The van der Waals surface area contributed by atoms with Gasteiger partial charge in [-0.05, 0) is 13.3 Å². The molecule has 2 fully saturated rings. The lowest BCUT2D eigenvalue weighted by molar-refractivity contribution is -0.133. The van der Waals surface area contributed by atoms with Gasteiger partial charge in [-0.25, -0.2) is 4.98 Å². The molecular formula is C15H22N4O3. The summed E-state index contributed by atoms with van der Waals surface area (Å²) in [7, 11) is 1.59. The third kappa shape index (κ3) is 3.14. The first kappa shape index (κ1) is 15.0. The fraction of sp³-hybridized carbons (Fsp3) is 0.667. The molecule has 0 spiro atoms. The van der Waals surface area contributed by atoms with Crippen molar-refractivity contribution in [3.05, 3.63) is 12.3 Å². The van der Waals surface area contributed by atoms with Crippen molar-refractivity contribution in [2.24, 2.45) is 5.92 Å². The average molecular weight is 306 g/mol. The number of nitrogens with zero attached hydrogens (tertiary/aromatic N) is 4. The Kier molecular flexibility index (Phi) is 4.42. The molecule has 7 heteroatoms. The Morgan fingerprint density at radius 2 is 2.14 bits per heavy atom. The quantitative estimate of drug-likeness (QED) is 0.792. The minimum Gasteiger partial charge on any atom is -0.481 e. The van der Waals surface area contributed by atoms with Crippen LogP contribution in [0.1, 0.15) is 13.3 Å². The molecular weight excluding hydrogens is 284 g/mol. The summed E-state index contributed by atoms with van der Waals surface area (Å²) in [5.74, 6) is 1.51. The Balaban J connectivity index is 1.53. The molecule has 1 aliphatic carbocycles. The highest BCUT2D eigenvalue weighted by Gasteiger charge is 2.46. The molecule has 120 valence electrons. The number of carbonyl (C=O) groups is 1. The van der Waals surface area contributed by atoms with E-state index in [2.05, 4.69) is 14.9 Å². The Bertz CT molecular complexity index is 531. The summed E-state index contributed by atoms with van der Waals surface area (Å²) >= 11 is 0. The normalized spacial score (nSPS) is 24.3. The van der Waals surface area contributed by atoms with Crippen molar-refractivity contribution in [2.45, 2.75) is 19.4 Å². The minimum atomic E-state index is 0.0690. The van der Waals surface area contributed by atoms with Crippen LogP contribution in [-0.2, 0) is 9.53 Å². The van der Waals surface area contributed by atoms with Crippen LogP contribution in [0.3, 0.4) is 0 Å². The molecule has 2 aliphatic rings. The molecule has 2 heterocycles. The number of anilines is 1. The summed E-state index contributed by atoms with van der Waals surface area (Å²) in [6.45, 7) is 5.53. The topological polar surface area (TPSA) is 67.8 Å². The van der Waals surface area contributed by atoms with E-state index in [0.717, 1.165) is 19.5 Å². The molecule has 7 nitrogen and oxygen atoms in total. The lowest BCUT2D eigenvalue weighted by Crippen LogP contribution is -2.50.